The van der Waals surface area contributed by atoms with Gasteiger partial charge in [-0.25, -0.2) is 13.2 Å². The molecule has 30 heavy (non-hydrogen) atoms. The zero-order valence-corrected chi connectivity index (χ0v) is 16.8. The highest BCUT2D eigenvalue weighted by Crippen LogP contribution is 2.34. The van der Waals surface area contributed by atoms with Gasteiger partial charge >= 0.3 is 0 Å². The molecule has 1 unspecified atom stereocenters. The van der Waals surface area contributed by atoms with Crippen molar-refractivity contribution in [2.45, 2.75) is 18.8 Å². The number of rotatable bonds is 8. The normalized spacial score (nSPS) is 13.0. The molecule has 0 saturated heterocycles. The smallest absolute Gasteiger partial charge is 0.165 e. The van der Waals surface area contributed by atoms with Gasteiger partial charge in [-0.3, -0.25) is 0 Å². The van der Waals surface area contributed by atoms with Gasteiger partial charge in [0.25, 0.3) is 0 Å². The Kier molecular flexibility index (Phi) is 7.55. The summed E-state index contributed by atoms with van der Waals surface area (Å²) in [6.07, 6.45) is -0.348. The first-order valence-electron chi connectivity index (χ1n) is 9.39. The maximum absolute atomic E-state index is 14.9. The number of hydrogen-bond donors (Lipinski definition) is 1. The first kappa shape index (κ1) is 21.9. The summed E-state index contributed by atoms with van der Waals surface area (Å²) in [6, 6.07) is 18.9. The molecular formula is C24H20ClF3O2. The van der Waals surface area contributed by atoms with Gasteiger partial charge in [0.1, 0.15) is 17.4 Å². The van der Waals surface area contributed by atoms with Crippen molar-refractivity contribution >= 4 is 11.6 Å². The van der Waals surface area contributed by atoms with Gasteiger partial charge in [-0.1, -0.05) is 48.0 Å². The number of benzene rings is 3. The van der Waals surface area contributed by atoms with Crippen LogP contribution in [0, 0.1) is 5.82 Å². The summed E-state index contributed by atoms with van der Waals surface area (Å²) in [5, 5.41) is 9.76. The maximum atomic E-state index is 14.9. The van der Waals surface area contributed by atoms with Gasteiger partial charge < -0.3 is 9.84 Å². The number of halogens is 4. The first-order valence-corrected chi connectivity index (χ1v) is 9.77. The van der Waals surface area contributed by atoms with Crippen LogP contribution in [0.4, 0.5) is 13.2 Å². The summed E-state index contributed by atoms with van der Waals surface area (Å²) in [6.45, 7) is -0.306. The molecule has 0 saturated carbocycles. The minimum Gasteiger partial charge on any atom is -0.454 e. The molecule has 3 rings (SSSR count). The van der Waals surface area contributed by atoms with Crippen LogP contribution in [-0.2, 0) is 6.42 Å². The number of hydrogen-bond acceptors (Lipinski definition) is 2. The molecule has 0 spiro atoms. The van der Waals surface area contributed by atoms with Gasteiger partial charge in [0, 0.05) is 24.0 Å². The lowest BCUT2D eigenvalue weighted by Gasteiger charge is -2.16. The molecule has 156 valence electrons. The summed E-state index contributed by atoms with van der Waals surface area (Å²) < 4.78 is 49.2. The van der Waals surface area contributed by atoms with E-state index in [0.717, 1.165) is 6.07 Å². The predicted octanol–water partition coefficient (Wildman–Crippen LogP) is 7.13. The van der Waals surface area contributed by atoms with Crippen LogP contribution in [0.2, 0.25) is 5.02 Å². The highest BCUT2D eigenvalue weighted by atomic mass is 35.5. The fourth-order valence-electron chi connectivity index (χ4n) is 3.07. The molecule has 1 N–H and O–H groups in total. The average Bonchev–Trinajstić information content (AvgIpc) is 2.75. The molecule has 0 amide bonds. The van der Waals surface area contributed by atoms with Crippen LogP contribution in [0.25, 0.3) is 0 Å². The highest BCUT2D eigenvalue weighted by Gasteiger charge is 2.21. The monoisotopic (exact) mass is 432 g/mol. The zero-order chi connectivity index (χ0) is 21.5. The number of aliphatic hydroxyl groups is 1. The molecule has 3 aromatic carbocycles. The molecule has 0 aliphatic rings. The van der Waals surface area contributed by atoms with Gasteiger partial charge in [-0.05, 0) is 53.9 Å². The van der Waals surface area contributed by atoms with E-state index in [1.807, 2.05) is 0 Å². The van der Waals surface area contributed by atoms with Gasteiger partial charge in [0.2, 0.25) is 0 Å². The van der Waals surface area contributed by atoms with E-state index in [4.69, 9.17) is 16.3 Å². The lowest BCUT2D eigenvalue weighted by atomic mass is 9.93. The van der Waals surface area contributed by atoms with Crippen LogP contribution in [0.15, 0.2) is 84.5 Å². The maximum Gasteiger partial charge on any atom is 0.165 e. The average molecular weight is 433 g/mol. The van der Waals surface area contributed by atoms with Crippen molar-refractivity contribution in [2.75, 3.05) is 6.61 Å². The third kappa shape index (κ3) is 5.65. The van der Waals surface area contributed by atoms with Crippen LogP contribution in [0.5, 0.6) is 11.5 Å². The van der Waals surface area contributed by atoms with Gasteiger partial charge in [0.05, 0.1) is 0 Å². The van der Waals surface area contributed by atoms with Crippen LogP contribution in [0.3, 0.4) is 0 Å². The standard InChI is InChI=1S/C24H20ClF3O2/c25-18-9-7-17(8-10-18)20(12-13-29)24(28)22(27)14-16-6-11-21(26)23(15-16)30-19-4-2-1-3-5-19/h1-11,15,20,29H,12-14H2. The van der Waals surface area contributed by atoms with Gasteiger partial charge in [-0.2, -0.15) is 0 Å². The Hall–Kier alpha value is -2.76. The second kappa shape index (κ2) is 10.3. The van der Waals surface area contributed by atoms with Crippen LogP contribution in [0.1, 0.15) is 23.5 Å². The molecule has 1 atom stereocenters. The predicted molar refractivity (Wildman–Crippen MR) is 112 cm³/mol. The second-order valence-corrected chi connectivity index (χ2v) is 7.16. The highest BCUT2D eigenvalue weighted by molar-refractivity contribution is 6.30. The van der Waals surface area contributed by atoms with Crippen molar-refractivity contribution in [3.05, 3.63) is 106 Å². The van der Waals surface area contributed by atoms with Gasteiger partial charge in [-0.15, -0.1) is 0 Å². The Morgan fingerprint density at radius 3 is 2.33 bits per heavy atom. The minimum atomic E-state index is -0.985. The summed E-state index contributed by atoms with van der Waals surface area (Å²) in [7, 11) is 0. The Bertz CT molecular complexity index is 1000. The zero-order valence-electron chi connectivity index (χ0n) is 16.0. The lowest BCUT2D eigenvalue weighted by Crippen LogP contribution is -2.05. The molecule has 0 aliphatic heterocycles. The molecule has 6 heteroatoms. The van der Waals surface area contributed by atoms with Crippen molar-refractivity contribution < 1.29 is 23.0 Å². The second-order valence-electron chi connectivity index (χ2n) is 6.73. The molecule has 0 radical (unpaired) electrons. The number of aliphatic hydroxyl groups excluding tert-OH is 1. The molecule has 0 bridgehead atoms. The Morgan fingerprint density at radius 1 is 0.967 bits per heavy atom. The lowest BCUT2D eigenvalue weighted by molar-refractivity contribution is 0.273. The van der Waals surface area contributed by atoms with Crippen molar-refractivity contribution in [2.24, 2.45) is 0 Å². The van der Waals surface area contributed by atoms with Crippen molar-refractivity contribution in [1.29, 1.82) is 0 Å². The third-order valence-corrected chi connectivity index (χ3v) is 4.83. The molecule has 3 aromatic rings. The van der Waals surface area contributed by atoms with E-state index in [2.05, 4.69) is 0 Å². The van der Waals surface area contributed by atoms with Gasteiger partial charge in [0.15, 0.2) is 11.6 Å². The summed E-state index contributed by atoms with van der Waals surface area (Å²) in [5.41, 5.74) is 0.863. The Labute approximate surface area is 178 Å². The summed E-state index contributed by atoms with van der Waals surface area (Å²) in [5.74, 6) is -3.14. The van der Waals surface area contributed by atoms with E-state index in [1.165, 1.54) is 12.1 Å². The first-order chi connectivity index (χ1) is 14.5. The summed E-state index contributed by atoms with van der Waals surface area (Å²) in [4.78, 5) is 0. The van der Waals surface area contributed by atoms with E-state index >= 15 is 0 Å². The molecule has 0 aromatic heterocycles. The van der Waals surface area contributed by atoms with E-state index in [1.54, 1.807) is 54.6 Å². The molecular weight excluding hydrogens is 413 g/mol. The van der Waals surface area contributed by atoms with Crippen molar-refractivity contribution in [3.63, 3.8) is 0 Å². The molecule has 0 fully saturated rings. The van der Waals surface area contributed by atoms with Crippen LogP contribution in [-0.4, -0.2) is 11.7 Å². The third-order valence-electron chi connectivity index (χ3n) is 4.58. The molecule has 0 heterocycles. The largest absolute Gasteiger partial charge is 0.454 e. The topological polar surface area (TPSA) is 29.5 Å². The summed E-state index contributed by atoms with van der Waals surface area (Å²) >= 11 is 5.86. The van der Waals surface area contributed by atoms with Crippen LogP contribution >= 0.6 is 11.6 Å². The van der Waals surface area contributed by atoms with Crippen molar-refractivity contribution in [3.8, 4) is 11.5 Å². The quantitative estimate of drug-likeness (QED) is 0.410. The fraction of sp³-hybridized carbons (Fsp3) is 0.167. The number of para-hydroxylation sites is 1. The van der Waals surface area contributed by atoms with E-state index < -0.39 is 23.4 Å². The fourth-order valence-corrected chi connectivity index (χ4v) is 3.19. The Balaban J connectivity index is 1.83. The van der Waals surface area contributed by atoms with Crippen molar-refractivity contribution in [1.82, 2.24) is 0 Å². The van der Waals surface area contributed by atoms with E-state index in [9.17, 15) is 18.3 Å². The SMILES string of the molecule is OCCC(C(F)=C(F)Cc1ccc(F)c(Oc2ccccc2)c1)c1ccc(Cl)cc1. The molecule has 0 aliphatic carbocycles. The Morgan fingerprint density at radius 2 is 1.67 bits per heavy atom. The van der Waals surface area contributed by atoms with Crippen LogP contribution < -0.4 is 4.74 Å². The molecule has 2 nitrogen and oxygen atoms in total. The minimum absolute atomic E-state index is 0.0205. The van der Waals surface area contributed by atoms with E-state index in [-0.39, 0.29) is 25.2 Å². The number of ether oxygens (including phenoxy) is 1. The van der Waals surface area contributed by atoms with E-state index in [0.29, 0.717) is 21.9 Å². The number of allylic oxidation sites excluding steroid dienone is 2.